The molecule has 2 aliphatic rings. The van der Waals surface area contributed by atoms with Gasteiger partial charge in [0, 0.05) is 17.1 Å². The minimum Gasteiger partial charge on any atom is -0.488 e. The van der Waals surface area contributed by atoms with Gasteiger partial charge in [0.2, 0.25) is 5.91 Å². The van der Waals surface area contributed by atoms with E-state index in [1.165, 1.54) is 0 Å². The first kappa shape index (κ1) is 14.9. The Morgan fingerprint density at radius 2 is 2.23 bits per heavy atom. The van der Waals surface area contributed by atoms with E-state index in [0.29, 0.717) is 29.3 Å². The maximum Gasteiger partial charge on any atom is 0.251 e. The summed E-state index contributed by atoms with van der Waals surface area (Å²) in [7, 11) is 0. The summed E-state index contributed by atoms with van der Waals surface area (Å²) in [6.07, 6.45) is 4.27. The van der Waals surface area contributed by atoms with E-state index >= 15 is 0 Å². The molecular formula is C16H17ClN2O3. The highest BCUT2D eigenvalue weighted by Crippen LogP contribution is 2.29. The first-order chi connectivity index (χ1) is 10.6. The lowest BCUT2D eigenvalue weighted by Crippen LogP contribution is -2.46. The number of halogens is 1. The van der Waals surface area contributed by atoms with Crippen molar-refractivity contribution in [2.45, 2.75) is 25.3 Å². The van der Waals surface area contributed by atoms with E-state index in [0.717, 1.165) is 18.4 Å². The van der Waals surface area contributed by atoms with Gasteiger partial charge >= 0.3 is 0 Å². The normalized spacial score (nSPS) is 20.9. The van der Waals surface area contributed by atoms with Gasteiger partial charge in [0.05, 0.1) is 5.57 Å². The Morgan fingerprint density at radius 3 is 3.09 bits per heavy atom. The summed E-state index contributed by atoms with van der Waals surface area (Å²) in [4.78, 5) is 24.2. The van der Waals surface area contributed by atoms with Crippen LogP contribution < -0.4 is 15.4 Å². The molecule has 1 fully saturated rings. The molecule has 2 heterocycles. The molecule has 0 aliphatic carbocycles. The molecule has 1 unspecified atom stereocenters. The Kier molecular flexibility index (Phi) is 4.34. The summed E-state index contributed by atoms with van der Waals surface area (Å²) >= 11 is 5.96. The monoisotopic (exact) mass is 320 g/mol. The Bertz CT molecular complexity index is 642. The molecule has 0 saturated carbocycles. The Hall–Kier alpha value is -2.01. The van der Waals surface area contributed by atoms with Crippen molar-refractivity contribution in [3.8, 4) is 5.75 Å². The van der Waals surface area contributed by atoms with E-state index < -0.39 is 6.04 Å². The first-order valence-electron chi connectivity index (χ1n) is 7.35. The van der Waals surface area contributed by atoms with Crippen LogP contribution in [0.15, 0.2) is 23.8 Å². The van der Waals surface area contributed by atoms with Crippen LogP contribution in [0.25, 0.3) is 6.08 Å². The fourth-order valence-corrected chi connectivity index (χ4v) is 2.79. The fraction of sp³-hybridized carbons (Fsp3) is 0.375. The van der Waals surface area contributed by atoms with Crippen LogP contribution in [0, 0.1) is 0 Å². The maximum atomic E-state index is 12.3. The van der Waals surface area contributed by atoms with Crippen LogP contribution >= 0.6 is 11.6 Å². The Balaban J connectivity index is 1.74. The summed E-state index contributed by atoms with van der Waals surface area (Å²) in [5, 5.41) is 6.18. The first-order valence-corrected chi connectivity index (χ1v) is 7.73. The standard InChI is InChI=1S/C16H17ClN2O3/c17-12-4-5-14-10(8-12)7-11(9-22-14)15(20)19-13-3-1-2-6-18-16(13)21/h4-5,7-8,13H,1-3,6,9H2,(H,18,21)(H,19,20). The zero-order valence-electron chi connectivity index (χ0n) is 12.0. The third-order valence-corrected chi connectivity index (χ3v) is 4.05. The number of ether oxygens (including phenoxy) is 1. The minimum absolute atomic E-state index is 0.119. The second-order valence-electron chi connectivity index (χ2n) is 5.45. The van der Waals surface area contributed by atoms with Crippen molar-refractivity contribution < 1.29 is 14.3 Å². The minimum atomic E-state index is -0.475. The fourth-order valence-electron chi connectivity index (χ4n) is 2.61. The molecule has 0 spiro atoms. The maximum absolute atomic E-state index is 12.3. The lowest BCUT2D eigenvalue weighted by molar-refractivity contribution is -0.127. The van der Waals surface area contributed by atoms with Crippen molar-refractivity contribution in [3.63, 3.8) is 0 Å². The number of hydrogen-bond donors (Lipinski definition) is 2. The predicted molar refractivity (Wildman–Crippen MR) is 83.7 cm³/mol. The number of amides is 2. The number of benzene rings is 1. The molecule has 1 saturated heterocycles. The highest BCUT2D eigenvalue weighted by atomic mass is 35.5. The Morgan fingerprint density at radius 1 is 1.36 bits per heavy atom. The van der Waals surface area contributed by atoms with Crippen LogP contribution in [0.4, 0.5) is 0 Å². The highest BCUT2D eigenvalue weighted by Gasteiger charge is 2.25. The van der Waals surface area contributed by atoms with Crippen molar-refractivity contribution in [2.75, 3.05) is 13.2 Å². The van der Waals surface area contributed by atoms with E-state index in [4.69, 9.17) is 16.3 Å². The molecular weight excluding hydrogens is 304 g/mol. The molecule has 5 nitrogen and oxygen atoms in total. The van der Waals surface area contributed by atoms with Gasteiger partial charge in [-0.3, -0.25) is 9.59 Å². The average Bonchev–Trinajstić information content (AvgIpc) is 2.71. The number of carbonyl (C=O) groups excluding carboxylic acids is 2. The van der Waals surface area contributed by atoms with Gasteiger partial charge < -0.3 is 15.4 Å². The molecule has 0 aromatic heterocycles. The second kappa shape index (κ2) is 6.40. The van der Waals surface area contributed by atoms with Gasteiger partial charge in [-0.15, -0.1) is 0 Å². The lowest BCUT2D eigenvalue weighted by atomic mass is 10.1. The molecule has 2 aliphatic heterocycles. The van der Waals surface area contributed by atoms with Crippen molar-refractivity contribution in [1.29, 1.82) is 0 Å². The second-order valence-corrected chi connectivity index (χ2v) is 5.89. The van der Waals surface area contributed by atoms with Gasteiger partial charge in [0.25, 0.3) is 5.91 Å². The van der Waals surface area contributed by atoms with Crippen LogP contribution in [0.3, 0.4) is 0 Å². The number of hydrogen-bond acceptors (Lipinski definition) is 3. The van der Waals surface area contributed by atoms with Crippen molar-refractivity contribution in [1.82, 2.24) is 10.6 Å². The quantitative estimate of drug-likeness (QED) is 0.874. The zero-order valence-corrected chi connectivity index (χ0v) is 12.8. The van der Waals surface area contributed by atoms with Crippen molar-refractivity contribution in [2.24, 2.45) is 0 Å². The topological polar surface area (TPSA) is 67.4 Å². The zero-order chi connectivity index (χ0) is 15.5. The lowest BCUT2D eigenvalue weighted by Gasteiger charge is -2.20. The number of nitrogens with one attached hydrogen (secondary N) is 2. The SMILES string of the molecule is O=C(NC1CCCCNC1=O)C1=Cc2cc(Cl)ccc2OC1. The smallest absolute Gasteiger partial charge is 0.251 e. The van der Waals surface area contributed by atoms with Crippen LogP contribution in [-0.2, 0) is 9.59 Å². The van der Waals surface area contributed by atoms with Crippen LogP contribution in [-0.4, -0.2) is 31.0 Å². The van der Waals surface area contributed by atoms with Gasteiger partial charge in [0.15, 0.2) is 0 Å². The van der Waals surface area contributed by atoms with Crippen LogP contribution in [0.5, 0.6) is 5.75 Å². The summed E-state index contributed by atoms with van der Waals surface area (Å²) in [6.45, 7) is 0.859. The molecule has 1 aromatic rings. The van der Waals surface area contributed by atoms with Gasteiger partial charge in [-0.1, -0.05) is 11.6 Å². The largest absolute Gasteiger partial charge is 0.488 e. The molecule has 1 atom stereocenters. The third-order valence-electron chi connectivity index (χ3n) is 3.82. The van der Waals surface area contributed by atoms with Gasteiger partial charge in [0.1, 0.15) is 18.4 Å². The molecule has 0 bridgehead atoms. The van der Waals surface area contributed by atoms with Crippen LogP contribution in [0.1, 0.15) is 24.8 Å². The summed E-state index contributed by atoms with van der Waals surface area (Å²) < 4.78 is 5.56. The van der Waals surface area contributed by atoms with E-state index in [1.54, 1.807) is 24.3 Å². The molecule has 2 N–H and O–H groups in total. The number of rotatable bonds is 2. The van der Waals surface area contributed by atoms with Gasteiger partial charge in [-0.2, -0.15) is 0 Å². The summed E-state index contributed by atoms with van der Waals surface area (Å²) in [6, 6.07) is 4.80. The van der Waals surface area contributed by atoms with Crippen molar-refractivity contribution >= 4 is 29.5 Å². The third kappa shape index (κ3) is 3.25. The van der Waals surface area contributed by atoms with E-state index in [-0.39, 0.29) is 18.4 Å². The predicted octanol–water partition coefficient (Wildman–Crippen LogP) is 1.90. The summed E-state index contributed by atoms with van der Waals surface area (Å²) in [5.74, 6) is 0.312. The van der Waals surface area contributed by atoms with Gasteiger partial charge in [-0.25, -0.2) is 0 Å². The Labute approximate surface area is 133 Å². The molecule has 0 radical (unpaired) electrons. The molecule has 3 rings (SSSR count). The molecule has 1 aromatic carbocycles. The van der Waals surface area contributed by atoms with E-state index in [2.05, 4.69) is 10.6 Å². The number of fused-ring (bicyclic) bond motifs is 1. The van der Waals surface area contributed by atoms with E-state index in [1.807, 2.05) is 0 Å². The average molecular weight is 321 g/mol. The molecule has 2 amide bonds. The van der Waals surface area contributed by atoms with Gasteiger partial charge in [-0.05, 0) is 43.5 Å². The molecule has 6 heteroatoms. The highest BCUT2D eigenvalue weighted by molar-refractivity contribution is 6.30. The molecule has 116 valence electrons. The summed E-state index contributed by atoms with van der Waals surface area (Å²) in [5.41, 5.74) is 1.26. The molecule has 22 heavy (non-hydrogen) atoms. The van der Waals surface area contributed by atoms with Crippen molar-refractivity contribution in [3.05, 3.63) is 34.4 Å². The van der Waals surface area contributed by atoms with E-state index in [9.17, 15) is 9.59 Å². The van der Waals surface area contributed by atoms with Crippen LogP contribution in [0.2, 0.25) is 5.02 Å². The number of carbonyl (C=O) groups is 2.